The molecule has 1 aromatic rings. The Kier molecular flexibility index (Phi) is 1.53. The first-order valence-corrected chi connectivity index (χ1v) is 4.01. The zero-order chi connectivity index (χ0) is 7.68. The van der Waals surface area contributed by atoms with E-state index in [1.54, 1.807) is 12.1 Å². The smallest absolute Gasteiger partial charge is 0.181 e. The lowest BCUT2D eigenvalue weighted by atomic mass is 10.4. The summed E-state index contributed by atoms with van der Waals surface area (Å²) in [6, 6.07) is 3.23. The molecule has 0 bridgehead atoms. The van der Waals surface area contributed by atoms with Gasteiger partial charge in [-0.05, 0) is 18.8 Å². The standard InChI is InChI=1S/C9H11NO/c11-9-3-5-10(6-4-9)7-8-1-2-8/h3-6,8H,1-2,7H2. The monoisotopic (exact) mass is 149 g/mol. The Morgan fingerprint density at radius 2 is 2.00 bits per heavy atom. The normalized spacial score (nSPS) is 16.7. The summed E-state index contributed by atoms with van der Waals surface area (Å²) < 4.78 is 2.08. The molecule has 2 rings (SSSR count). The van der Waals surface area contributed by atoms with Crippen LogP contribution in [0.2, 0.25) is 0 Å². The van der Waals surface area contributed by atoms with Gasteiger partial charge in [-0.2, -0.15) is 0 Å². The van der Waals surface area contributed by atoms with Gasteiger partial charge in [-0.25, -0.2) is 0 Å². The summed E-state index contributed by atoms with van der Waals surface area (Å²) >= 11 is 0. The molecule has 1 saturated carbocycles. The van der Waals surface area contributed by atoms with E-state index in [-0.39, 0.29) is 5.43 Å². The van der Waals surface area contributed by atoms with Crippen LogP contribution in [0, 0.1) is 5.92 Å². The molecular formula is C9H11NO. The van der Waals surface area contributed by atoms with Gasteiger partial charge in [0.15, 0.2) is 5.43 Å². The minimum absolute atomic E-state index is 0.0945. The van der Waals surface area contributed by atoms with E-state index in [1.807, 2.05) is 12.4 Å². The molecule has 2 heteroatoms. The summed E-state index contributed by atoms with van der Waals surface area (Å²) in [6.45, 7) is 1.08. The Morgan fingerprint density at radius 3 is 2.55 bits per heavy atom. The van der Waals surface area contributed by atoms with Gasteiger partial charge in [-0.1, -0.05) is 0 Å². The largest absolute Gasteiger partial charge is 0.354 e. The van der Waals surface area contributed by atoms with Gasteiger partial charge in [0.25, 0.3) is 0 Å². The summed E-state index contributed by atoms with van der Waals surface area (Å²) in [5, 5.41) is 0. The molecule has 0 atom stereocenters. The van der Waals surface area contributed by atoms with Crippen molar-refractivity contribution in [1.82, 2.24) is 4.57 Å². The molecule has 2 nitrogen and oxygen atoms in total. The predicted octanol–water partition coefficient (Wildman–Crippen LogP) is 1.26. The van der Waals surface area contributed by atoms with Crippen LogP contribution in [0.15, 0.2) is 29.3 Å². The summed E-state index contributed by atoms with van der Waals surface area (Å²) in [6.07, 6.45) is 6.43. The molecule has 0 aliphatic heterocycles. The maximum Gasteiger partial charge on any atom is 0.181 e. The lowest BCUT2D eigenvalue weighted by Crippen LogP contribution is -2.04. The molecule has 58 valence electrons. The van der Waals surface area contributed by atoms with Gasteiger partial charge in [0.1, 0.15) is 0 Å². The first-order valence-electron chi connectivity index (χ1n) is 4.01. The minimum Gasteiger partial charge on any atom is -0.354 e. The average Bonchev–Trinajstić information content (AvgIpc) is 2.78. The zero-order valence-electron chi connectivity index (χ0n) is 6.36. The molecule has 1 aliphatic carbocycles. The van der Waals surface area contributed by atoms with Crippen molar-refractivity contribution in [2.75, 3.05) is 0 Å². The zero-order valence-corrected chi connectivity index (χ0v) is 6.36. The molecule has 11 heavy (non-hydrogen) atoms. The van der Waals surface area contributed by atoms with Crippen molar-refractivity contribution in [2.24, 2.45) is 5.92 Å². The van der Waals surface area contributed by atoms with E-state index in [9.17, 15) is 4.79 Å². The number of hydrogen-bond acceptors (Lipinski definition) is 1. The fourth-order valence-corrected chi connectivity index (χ4v) is 1.16. The number of rotatable bonds is 2. The van der Waals surface area contributed by atoms with Crippen molar-refractivity contribution in [3.8, 4) is 0 Å². The van der Waals surface area contributed by atoms with Crippen LogP contribution in [0.4, 0.5) is 0 Å². The second-order valence-corrected chi connectivity index (χ2v) is 3.17. The second kappa shape index (κ2) is 2.53. The highest BCUT2D eigenvalue weighted by molar-refractivity contribution is 4.94. The van der Waals surface area contributed by atoms with E-state index in [4.69, 9.17) is 0 Å². The van der Waals surface area contributed by atoms with Gasteiger partial charge < -0.3 is 4.57 Å². The molecule has 0 radical (unpaired) electrons. The molecule has 0 N–H and O–H groups in total. The first kappa shape index (κ1) is 6.65. The minimum atomic E-state index is 0.0945. The summed E-state index contributed by atoms with van der Waals surface area (Å²) in [5.74, 6) is 0.873. The highest BCUT2D eigenvalue weighted by Gasteiger charge is 2.20. The van der Waals surface area contributed by atoms with Crippen LogP contribution in [-0.2, 0) is 6.54 Å². The van der Waals surface area contributed by atoms with Crippen molar-refractivity contribution in [3.63, 3.8) is 0 Å². The fourth-order valence-electron chi connectivity index (χ4n) is 1.16. The number of aromatic nitrogens is 1. The van der Waals surface area contributed by atoms with Crippen molar-refractivity contribution >= 4 is 0 Å². The quantitative estimate of drug-likeness (QED) is 0.620. The van der Waals surface area contributed by atoms with Gasteiger partial charge >= 0.3 is 0 Å². The topological polar surface area (TPSA) is 22.0 Å². The molecule has 1 heterocycles. The first-order chi connectivity index (χ1) is 5.34. The van der Waals surface area contributed by atoms with E-state index in [1.165, 1.54) is 12.8 Å². The lowest BCUT2D eigenvalue weighted by molar-refractivity contribution is 0.622. The molecule has 0 spiro atoms. The van der Waals surface area contributed by atoms with Gasteiger partial charge in [0, 0.05) is 31.1 Å². The average molecular weight is 149 g/mol. The molecule has 1 fully saturated rings. The summed E-state index contributed by atoms with van der Waals surface area (Å²) in [4.78, 5) is 10.7. The van der Waals surface area contributed by atoms with E-state index < -0.39 is 0 Å². The number of nitrogens with zero attached hydrogens (tertiary/aromatic N) is 1. The second-order valence-electron chi connectivity index (χ2n) is 3.17. The maximum absolute atomic E-state index is 10.7. The van der Waals surface area contributed by atoms with Gasteiger partial charge in [-0.3, -0.25) is 4.79 Å². The highest BCUT2D eigenvalue weighted by atomic mass is 16.1. The molecule has 1 aromatic heterocycles. The van der Waals surface area contributed by atoms with Crippen molar-refractivity contribution in [2.45, 2.75) is 19.4 Å². The Balaban J connectivity index is 2.11. The van der Waals surface area contributed by atoms with E-state index in [0.29, 0.717) is 0 Å². The third kappa shape index (κ3) is 1.70. The molecule has 0 amide bonds. The van der Waals surface area contributed by atoms with Crippen molar-refractivity contribution in [1.29, 1.82) is 0 Å². The molecule has 1 aliphatic rings. The van der Waals surface area contributed by atoms with Crippen LogP contribution in [-0.4, -0.2) is 4.57 Å². The Morgan fingerprint density at radius 1 is 1.36 bits per heavy atom. The van der Waals surface area contributed by atoms with Crippen molar-refractivity contribution in [3.05, 3.63) is 34.7 Å². The van der Waals surface area contributed by atoms with Crippen LogP contribution in [0.3, 0.4) is 0 Å². The Labute approximate surface area is 65.5 Å². The van der Waals surface area contributed by atoms with Crippen LogP contribution in [0.1, 0.15) is 12.8 Å². The van der Waals surface area contributed by atoms with Crippen LogP contribution < -0.4 is 5.43 Å². The fraction of sp³-hybridized carbons (Fsp3) is 0.444. The number of pyridine rings is 1. The highest BCUT2D eigenvalue weighted by Crippen LogP contribution is 2.30. The van der Waals surface area contributed by atoms with Gasteiger partial charge in [0.2, 0.25) is 0 Å². The third-order valence-corrected chi connectivity index (χ3v) is 2.03. The van der Waals surface area contributed by atoms with Crippen molar-refractivity contribution < 1.29 is 0 Å². The van der Waals surface area contributed by atoms with Gasteiger partial charge in [-0.15, -0.1) is 0 Å². The molecular weight excluding hydrogens is 138 g/mol. The third-order valence-electron chi connectivity index (χ3n) is 2.03. The molecule has 0 aromatic carbocycles. The number of hydrogen-bond donors (Lipinski definition) is 0. The van der Waals surface area contributed by atoms with E-state index in [2.05, 4.69) is 4.57 Å². The van der Waals surface area contributed by atoms with Crippen LogP contribution in [0.5, 0.6) is 0 Å². The molecule has 0 saturated heterocycles. The van der Waals surface area contributed by atoms with E-state index in [0.717, 1.165) is 12.5 Å². The Bertz CT molecular complexity index is 278. The molecule has 0 unspecified atom stereocenters. The summed E-state index contributed by atoms with van der Waals surface area (Å²) in [5.41, 5.74) is 0.0945. The lowest BCUT2D eigenvalue weighted by Gasteiger charge is -2.01. The van der Waals surface area contributed by atoms with Gasteiger partial charge in [0.05, 0.1) is 0 Å². The summed E-state index contributed by atoms with van der Waals surface area (Å²) in [7, 11) is 0. The van der Waals surface area contributed by atoms with Crippen LogP contribution in [0.25, 0.3) is 0 Å². The predicted molar refractivity (Wildman–Crippen MR) is 43.4 cm³/mol. The Hall–Kier alpha value is -1.05. The maximum atomic E-state index is 10.7. The van der Waals surface area contributed by atoms with Crippen LogP contribution >= 0.6 is 0 Å². The van der Waals surface area contributed by atoms with E-state index >= 15 is 0 Å². The SMILES string of the molecule is O=c1ccn(CC2CC2)cc1.